The van der Waals surface area contributed by atoms with Crippen LogP contribution in [0.2, 0.25) is 0 Å². The highest BCUT2D eigenvalue weighted by Gasteiger charge is 2.28. The molecule has 10 heteroatoms. The first-order valence-electron chi connectivity index (χ1n) is 10.4. The maximum atomic E-state index is 11.1. The Morgan fingerprint density at radius 1 is 1.18 bits per heavy atom. The van der Waals surface area contributed by atoms with E-state index in [4.69, 9.17) is 9.15 Å². The number of aromatic nitrogens is 3. The number of rotatable bonds is 6. The Hall–Kier alpha value is -4.18. The van der Waals surface area contributed by atoms with Crippen LogP contribution in [0, 0.1) is 17.0 Å². The van der Waals surface area contributed by atoms with Gasteiger partial charge in [0.2, 0.25) is 17.3 Å². The number of nitro benzene ring substituents is 1. The second kappa shape index (κ2) is 8.99. The molecule has 1 aliphatic heterocycles. The van der Waals surface area contributed by atoms with Gasteiger partial charge < -0.3 is 14.5 Å². The lowest BCUT2D eigenvalue weighted by atomic mass is 10.1. The summed E-state index contributed by atoms with van der Waals surface area (Å²) >= 11 is 1.41. The van der Waals surface area contributed by atoms with Crippen LogP contribution in [-0.2, 0) is 0 Å². The molecule has 0 bridgehead atoms. The molecule has 0 fully saturated rings. The average molecular weight is 474 g/mol. The minimum Gasteiger partial charge on any atom is -0.455 e. The van der Waals surface area contributed by atoms with Gasteiger partial charge in [-0.1, -0.05) is 36.0 Å². The number of furan rings is 1. The van der Waals surface area contributed by atoms with E-state index in [1.807, 2.05) is 43.3 Å². The van der Waals surface area contributed by atoms with Crippen molar-refractivity contribution >= 4 is 23.1 Å². The molecule has 2 aromatic heterocycles. The lowest BCUT2D eigenvalue weighted by Gasteiger charge is -2.16. The molecule has 1 aliphatic rings. The van der Waals surface area contributed by atoms with Crippen LogP contribution in [0.5, 0.6) is 5.88 Å². The Morgan fingerprint density at radius 2 is 2.03 bits per heavy atom. The number of benzene rings is 2. The molecular weight excluding hydrogens is 454 g/mol. The van der Waals surface area contributed by atoms with Gasteiger partial charge in [-0.05, 0) is 36.8 Å². The zero-order valence-corrected chi connectivity index (χ0v) is 18.9. The summed E-state index contributed by atoms with van der Waals surface area (Å²) in [4.78, 5) is 15.2. The molecule has 2 aromatic carbocycles. The maximum Gasteiger partial charge on any atom is 0.269 e. The molecule has 0 saturated carbocycles. The number of hydrogen-bond donors (Lipinski definition) is 1. The fourth-order valence-corrected chi connectivity index (χ4v) is 4.16. The highest BCUT2D eigenvalue weighted by molar-refractivity contribution is 7.99. The van der Waals surface area contributed by atoms with E-state index < -0.39 is 11.2 Å². The van der Waals surface area contributed by atoms with Crippen LogP contribution in [0.1, 0.15) is 17.6 Å². The molecule has 4 aromatic rings. The number of thioether (sulfide) groups is 1. The van der Waals surface area contributed by atoms with Gasteiger partial charge >= 0.3 is 0 Å². The van der Waals surface area contributed by atoms with Crippen molar-refractivity contribution < 1.29 is 14.1 Å². The van der Waals surface area contributed by atoms with Crippen LogP contribution in [0.15, 0.2) is 76.8 Å². The molecular formula is C24H19N5O4S. The number of anilines is 1. The van der Waals surface area contributed by atoms with Gasteiger partial charge in [0.05, 0.1) is 4.92 Å². The lowest BCUT2D eigenvalue weighted by Crippen LogP contribution is -2.16. The zero-order chi connectivity index (χ0) is 23.7. The summed E-state index contributed by atoms with van der Waals surface area (Å²) in [6.07, 6.45) is 1.09. The van der Waals surface area contributed by atoms with Crippen LogP contribution in [-0.4, -0.2) is 25.9 Å². The van der Waals surface area contributed by atoms with Crippen molar-refractivity contribution in [3.63, 3.8) is 0 Å². The van der Waals surface area contributed by atoms with Gasteiger partial charge in [-0.25, -0.2) is 0 Å². The lowest BCUT2D eigenvalue weighted by molar-refractivity contribution is -0.384. The van der Waals surface area contributed by atoms with Crippen molar-refractivity contribution in [1.29, 1.82) is 0 Å². The van der Waals surface area contributed by atoms with Crippen molar-refractivity contribution in [2.75, 3.05) is 11.1 Å². The van der Waals surface area contributed by atoms with Gasteiger partial charge in [0, 0.05) is 34.7 Å². The van der Waals surface area contributed by atoms with E-state index in [-0.39, 0.29) is 5.69 Å². The number of non-ortho nitro benzene ring substituents is 1. The molecule has 170 valence electrons. The molecule has 0 aliphatic carbocycles. The van der Waals surface area contributed by atoms with Crippen molar-refractivity contribution in [1.82, 2.24) is 15.2 Å². The second-order valence-electron chi connectivity index (χ2n) is 7.49. The molecule has 0 unspecified atom stereocenters. The Morgan fingerprint density at radius 3 is 2.82 bits per heavy atom. The standard InChI is InChI=1S/C24H19N5O4S/c1-3-12-34-24-26-23-21(27-28-24)17-6-4-5-7-18(17)25-22(33-23)20-11-10-19(32-20)16-9-8-15(29(30)31)13-14(16)2/h3-11,13,22,25H,1,12H2,2H3/t22-/m0/s1. The van der Waals surface area contributed by atoms with Gasteiger partial charge in [0.1, 0.15) is 5.76 Å². The van der Waals surface area contributed by atoms with E-state index in [2.05, 4.69) is 27.1 Å². The number of nitro groups is 1. The molecule has 9 nitrogen and oxygen atoms in total. The molecule has 1 atom stereocenters. The summed E-state index contributed by atoms with van der Waals surface area (Å²) in [5.74, 6) is 2.09. The smallest absolute Gasteiger partial charge is 0.269 e. The van der Waals surface area contributed by atoms with Crippen molar-refractivity contribution in [2.45, 2.75) is 18.3 Å². The fourth-order valence-electron chi connectivity index (χ4n) is 3.65. The third kappa shape index (κ3) is 4.11. The molecule has 34 heavy (non-hydrogen) atoms. The van der Waals surface area contributed by atoms with E-state index in [1.165, 1.54) is 23.9 Å². The Kier molecular flexibility index (Phi) is 5.72. The molecule has 1 N–H and O–H groups in total. The SMILES string of the molecule is C=CCSc1nnc2c(n1)O[C@@H](c1ccc(-c3ccc([N+](=O)[O-])cc3C)o1)Nc1ccccc1-2. The van der Waals surface area contributed by atoms with Crippen LogP contribution in [0.25, 0.3) is 22.6 Å². The minimum atomic E-state index is -0.677. The van der Waals surface area contributed by atoms with Gasteiger partial charge in [-0.2, -0.15) is 4.98 Å². The summed E-state index contributed by atoms with van der Waals surface area (Å²) in [5, 5.41) is 23.5. The van der Waals surface area contributed by atoms with Gasteiger partial charge in [-0.3, -0.25) is 10.1 Å². The molecule has 0 amide bonds. The number of nitrogens with one attached hydrogen (secondary N) is 1. The Balaban J connectivity index is 1.51. The van der Waals surface area contributed by atoms with E-state index in [0.717, 1.165) is 22.4 Å². The van der Waals surface area contributed by atoms with Crippen LogP contribution >= 0.6 is 11.8 Å². The number of ether oxygens (including phenoxy) is 1. The highest BCUT2D eigenvalue weighted by Crippen LogP contribution is 2.40. The van der Waals surface area contributed by atoms with Gasteiger partial charge in [0.25, 0.3) is 5.69 Å². The minimum absolute atomic E-state index is 0.0346. The van der Waals surface area contributed by atoms with Gasteiger partial charge in [-0.15, -0.1) is 16.8 Å². The first kappa shape index (κ1) is 21.7. The first-order valence-corrected chi connectivity index (χ1v) is 11.4. The Bertz CT molecular complexity index is 1400. The molecule has 0 saturated heterocycles. The molecule has 3 heterocycles. The molecule has 0 radical (unpaired) electrons. The second-order valence-corrected chi connectivity index (χ2v) is 8.48. The number of para-hydroxylation sites is 1. The topological polar surface area (TPSA) is 116 Å². The van der Waals surface area contributed by atoms with E-state index in [9.17, 15) is 10.1 Å². The predicted molar refractivity (Wildman–Crippen MR) is 129 cm³/mol. The van der Waals surface area contributed by atoms with E-state index >= 15 is 0 Å². The monoisotopic (exact) mass is 473 g/mol. The average Bonchev–Trinajstić information content (AvgIpc) is 3.26. The maximum absolute atomic E-state index is 11.1. The number of hydrogen-bond acceptors (Lipinski definition) is 9. The van der Waals surface area contributed by atoms with Gasteiger partial charge in [0.15, 0.2) is 11.5 Å². The predicted octanol–water partition coefficient (Wildman–Crippen LogP) is 5.80. The number of aryl methyl sites for hydroxylation is 1. The fraction of sp³-hybridized carbons (Fsp3) is 0.125. The summed E-state index contributed by atoms with van der Waals surface area (Å²) in [7, 11) is 0. The van der Waals surface area contributed by atoms with Crippen LogP contribution < -0.4 is 10.1 Å². The number of fused-ring (bicyclic) bond motifs is 3. The quantitative estimate of drug-likeness (QED) is 0.160. The zero-order valence-electron chi connectivity index (χ0n) is 18.1. The summed E-state index contributed by atoms with van der Waals surface area (Å²) in [5.41, 5.74) is 3.69. The number of nitrogens with zero attached hydrogens (tertiary/aromatic N) is 4. The highest BCUT2D eigenvalue weighted by atomic mass is 32.2. The third-order valence-corrected chi connectivity index (χ3v) is 6.07. The first-order chi connectivity index (χ1) is 16.5. The van der Waals surface area contributed by atoms with Crippen molar-refractivity contribution in [3.05, 3.63) is 88.7 Å². The summed E-state index contributed by atoms with van der Waals surface area (Å²) in [6, 6.07) is 16.0. The van der Waals surface area contributed by atoms with E-state index in [1.54, 1.807) is 12.1 Å². The third-order valence-electron chi connectivity index (χ3n) is 5.24. The van der Waals surface area contributed by atoms with Crippen molar-refractivity contribution in [2.24, 2.45) is 0 Å². The largest absolute Gasteiger partial charge is 0.455 e. The normalized spacial score (nSPS) is 14.2. The summed E-state index contributed by atoms with van der Waals surface area (Å²) in [6.45, 7) is 5.53. The molecule has 0 spiro atoms. The van der Waals surface area contributed by atoms with E-state index in [0.29, 0.717) is 34.0 Å². The van der Waals surface area contributed by atoms with Crippen molar-refractivity contribution in [3.8, 4) is 28.5 Å². The van der Waals surface area contributed by atoms with Crippen LogP contribution in [0.4, 0.5) is 11.4 Å². The summed E-state index contributed by atoms with van der Waals surface area (Å²) < 4.78 is 12.4. The Labute approximate surface area is 199 Å². The molecule has 5 rings (SSSR count). The van der Waals surface area contributed by atoms with Crippen LogP contribution in [0.3, 0.4) is 0 Å².